The van der Waals surface area contributed by atoms with Gasteiger partial charge >= 0.3 is 0 Å². The highest BCUT2D eigenvalue weighted by atomic mass is 16.2. The van der Waals surface area contributed by atoms with Crippen LogP contribution in [0.25, 0.3) is 17.0 Å². The Kier molecular flexibility index (Phi) is 7.24. The quantitative estimate of drug-likeness (QED) is 0.264. The summed E-state index contributed by atoms with van der Waals surface area (Å²) in [4.78, 5) is 43.7. The first-order valence-electron chi connectivity index (χ1n) is 13.7. The highest BCUT2D eigenvalue weighted by Crippen LogP contribution is 2.26. The van der Waals surface area contributed by atoms with Gasteiger partial charge in [0.1, 0.15) is 5.65 Å². The second kappa shape index (κ2) is 11.3. The van der Waals surface area contributed by atoms with E-state index in [2.05, 4.69) is 27.6 Å². The normalized spacial score (nSPS) is 13.7. The van der Waals surface area contributed by atoms with E-state index in [9.17, 15) is 9.59 Å². The average molecular weight is 562 g/mol. The second-order valence-electron chi connectivity index (χ2n) is 10.3. The maximum Gasteiger partial charge on any atom is 0.255 e. The number of rotatable bonds is 6. The largest absolute Gasteiger partial charge is 0.397 e. The number of benzene rings is 2. The van der Waals surface area contributed by atoms with Crippen LogP contribution in [0.1, 0.15) is 26.4 Å². The summed E-state index contributed by atoms with van der Waals surface area (Å²) in [5, 5.41) is 6.03. The number of pyridine rings is 1. The molecule has 1 aliphatic rings. The molecule has 1 saturated heterocycles. The number of amides is 2. The number of imidazole rings is 1. The van der Waals surface area contributed by atoms with Gasteiger partial charge in [-0.15, -0.1) is 0 Å². The zero-order valence-electron chi connectivity index (χ0n) is 23.4. The molecular formula is C31H31N9O2. The van der Waals surface area contributed by atoms with Gasteiger partial charge in [0.05, 0.1) is 28.5 Å². The Balaban J connectivity index is 1.18. The van der Waals surface area contributed by atoms with Crippen molar-refractivity contribution in [3.05, 3.63) is 95.9 Å². The van der Waals surface area contributed by atoms with E-state index in [0.29, 0.717) is 52.9 Å². The average Bonchev–Trinajstić information content (AvgIpc) is 3.33. The minimum absolute atomic E-state index is 0.0222. The zero-order valence-corrected chi connectivity index (χ0v) is 23.4. The molecule has 0 atom stereocenters. The molecule has 11 heteroatoms. The number of aryl methyl sites for hydroxylation is 1. The molecule has 0 bridgehead atoms. The number of carbonyl (C=O) groups excluding carboxylic acids is 2. The first kappa shape index (κ1) is 26.9. The van der Waals surface area contributed by atoms with Crippen LogP contribution in [-0.2, 0) is 0 Å². The van der Waals surface area contributed by atoms with E-state index in [4.69, 9.17) is 15.7 Å². The van der Waals surface area contributed by atoms with Crippen molar-refractivity contribution in [2.45, 2.75) is 6.92 Å². The van der Waals surface area contributed by atoms with Crippen LogP contribution in [0.5, 0.6) is 0 Å². The Bertz CT molecular complexity index is 1770. The molecule has 1 fully saturated rings. The highest BCUT2D eigenvalue weighted by Gasteiger charge is 2.22. The number of nitrogens with one attached hydrogen (secondary N) is 2. The van der Waals surface area contributed by atoms with Crippen LogP contribution in [0.15, 0.2) is 79.1 Å². The van der Waals surface area contributed by atoms with Crippen molar-refractivity contribution in [3.63, 3.8) is 0 Å². The number of carbonyl (C=O) groups is 2. The van der Waals surface area contributed by atoms with E-state index in [1.165, 1.54) is 0 Å². The Labute approximate surface area is 243 Å². The molecule has 5 aromatic rings. The molecule has 42 heavy (non-hydrogen) atoms. The monoisotopic (exact) mass is 561 g/mol. The molecule has 212 valence electrons. The third kappa shape index (κ3) is 5.50. The Hall–Kier alpha value is -5.29. The lowest BCUT2D eigenvalue weighted by molar-refractivity contribution is 0.0664. The fourth-order valence-corrected chi connectivity index (χ4v) is 4.99. The van der Waals surface area contributed by atoms with Crippen LogP contribution in [0.2, 0.25) is 0 Å². The van der Waals surface area contributed by atoms with Gasteiger partial charge in [-0.1, -0.05) is 12.1 Å². The van der Waals surface area contributed by atoms with E-state index in [1.54, 1.807) is 42.6 Å². The molecule has 0 unspecified atom stereocenters. The van der Waals surface area contributed by atoms with E-state index in [0.717, 1.165) is 30.2 Å². The lowest BCUT2D eigenvalue weighted by Gasteiger charge is -2.32. The number of fused-ring (bicyclic) bond motifs is 1. The van der Waals surface area contributed by atoms with Crippen LogP contribution in [0.4, 0.5) is 23.0 Å². The van der Waals surface area contributed by atoms with Crippen molar-refractivity contribution in [1.82, 2.24) is 29.2 Å². The number of para-hydroxylation sites is 2. The molecule has 2 aromatic carbocycles. The van der Waals surface area contributed by atoms with Gasteiger partial charge in [-0.3, -0.25) is 14.0 Å². The number of nitrogen functional groups attached to an aromatic ring is 1. The van der Waals surface area contributed by atoms with Gasteiger partial charge in [-0.2, -0.15) is 0 Å². The van der Waals surface area contributed by atoms with Crippen LogP contribution in [-0.4, -0.2) is 74.2 Å². The third-order valence-corrected chi connectivity index (χ3v) is 7.35. The summed E-state index contributed by atoms with van der Waals surface area (Å²) < 4.78 is 1.94. The predicted octanol–water partition coefficient (Wildman–Crippen LogP) is 4.07. The zero-order chi connectivity index (χ0) is 29.2. The van der Waals surface area contributed by atoms with Gasteiger partial charge in [-0.25, -0.2) is 15.0 Å². The Morgan fingerprint density at radius 3 is 2.43 bits per heavy atom. The lowest BCUT2D eigenvalue weighted by Crippen LogP contribution is -2.47. The lowest BCUT2D eigenvalue weighted by atomic mass is 10.2. The van der Waals surface area contributed by atoms with E-state index < -0.39 is 0 Å². The van der Waals surface area contributed by atoms with Gasteiger partial charge in [-0.05, 0) is 68.6 Å². The summed E-state index contributed by atoms with van der Waals surface area (Å²) in [6.45, 7) is 5.09. The maximum atomic E-state index is 13.1. The summed E-state index contributed by atoms with van der Waals surface area (Å²) in [6.07, 6.45) is 3.55. The summed E-state index contributed by atoms with van der Waals surface area (Å²) >= 11 is 0. The van der Waals surface area contributed by atoms with Crippen molar-refractivity contribution in [3.8, 4) is 11.4 Å². The summed E-state index contributed by atoms with van der Waals surface area (Å²) in [5.41, 5.74) is 11.8. The smallest absolute Gasteiger partial charge is 0.255 e. The second-order valence-corrected chi connectivity index (χ2v) is 10.3. The van der Waals surface area contributed by atoms with Crippen molar-refractivity contribution < 1.29 is 9.59 Å². The predicted molar refractivity (Wildman–Crippen MR) is 163 cm³/mol. The number of anilines is 4. The summed E-state index contributed by atoms with van der Waals surface area (Å²) in [7, 11) is 2.07. The molecule has 0 radical (unpaired) electrons. The topological polar surface area (TPSA) is 134 Å². The minimum atomic E-state index is -0.255. The molecule has 1 aliphatic heterocycles. The van der Waals surface area contributed by atoms with E-state index in [-0.39, 0.29) is 11.8 Å². The molecule has 3 aromatic heterocycles. The first-order valence-corrected chi connectivity index (χ1v) is 13.7. The van der Waals surface area contributed by atoms with Gasteiger partial charge in [0.15, 0.2) is 0 Å². The molecule has 0 saturated carbocycles. The van der Waals surface area contributed by atoms with Gasteiger partial charge in [0.25, 0.3) is 11.8 Å². The maximum absolute atomic E-state index is 13.1. The van der Waals surface area contributed by atoms with Crippen molar-refractivity contribution >= 4 is 40.5 Å². The van der Waals surface area contributed by atoms with Crippen LogP contribution < -0.4 is 16.4 Å². The minimum Gasteiger partial charge on any atom is -0.397 e. The molecule has 6 rings (SSSR count). The Morgan fingerprint density at radius 2 is 1.67 bits per heavy atom. The molecule has 0 aliphatic carbocycles. The third-order valence-electron chi connectivity index (χ3n) is 7.35. The van der Waals surface area contributed by atoms with Gasteiger partial charge in [0, 0.05) is 55.4 Å². The summed E-state index contributed by atoms with van der Waals surface area (Å²) in [5.74, 6) is 0.168. The van der Waals surface area contributed by atoms with E-state index in [1.807, 2.05) is 52.8 Å². The number of nitrogens with two attached hydrogens (primary N) is 1. The highest BCUT2D eigenvalue weighted by molar-refractivity contribution is 6.05. The van der Waals surface area contributed by atoms with Crippen molar-refractivity contribution in [1.29, 1.82) is 0 Å². The van der Waals surface area contributed by atoms with E-state index >= 15 is 0 Å². The molecule has 2 amide bonds. The number of aromatic nitrogens is 4. The van der Waals surface area contributed by atoms with Crippen molar-refractivity contribution in [2.75, 3.05) is 49.6 Å². The number of hydrogen-bond donors (Lipinski definition) is 3. The van der Waals surface area contributed by atoms with Crippen LogP contribution in [0, 0.1) is 6.92 Å². The molecule has 11 nitrogen and oxygen atoms in total. The number of piperazine rings is 1. The first-order chi connectivity index (χ1) is 20.4. The fraction of sp³-hybridized carbons (Fsp3) is 0.194. The number of hydrogen-bond acceptors (Lipinski definition) is 8. The molecule has 4 N–H and O–H groups in total. The van der Waals surface area contributed by atoms with Gasteiger partial charge in [0.2, 0.25) is 5.95 Å². The molecule has 4 heterocycles. The van der Waals surface area contributed by atoms with Crippen LogP contribution >= 0.6 is 0 Å². The van der Waals surface area contributed by atoms with Gasteiger partial charge < -0.3 is 26.2 Å². The van der Waals surface area contributed by atoms with Crippen molar-refractivity contribution in [2.24, 2.45) is 0 Å². The number of likely N-dealkylation sites (N-methyl/N-ethyl adjacent to an activating group) is 1. The molecule has 0 spiro atoms. The Morgan fingerprint density at radius 1 is 0.905 bits per heavy atom. The summed E-state index contributed by atoms with van der Waals surface area (Å²) in [6, 6.07) is 19.6. The number of nitrogens with zero attached hydrogens (tertiary/aromatic N) is 6. The van der Waals surface area contributed by atoms with Crippen LogP contribution in [0.3, 0.4) is 0 Å². The standard InChI is InChI=1S/C31H31N9O2/c1-20-28(40-14-12-22(19-27(40)34-20)30(42)39-17-15-38(2)16-18-39)26-11-13-33-31(37-26)35-23-9-7-21(8-10-23)29(41)36-25-6-4-3-5-24(25)32/h3-14,19H,15-18,32H2,1-2H3,(H,36,41)(H,33,35,37). The molecular weight excluding hydrogens is 530 g/mol. The fourth-order valence-electron chi connectivity index (χ4n) is 4.99. The SMILES string of the molecule is Cc1nc2cc(C(=O)N3CCN(C)CC3)ccn2c1-c1ccnc(Nc2ccc(C(=O)Nc3ccccc3N)cc2)n1.